The molecule has 3 heteroatoms. The van der Waals surface area contributed by atoms with Crippen molar-refractivity contribution in [3.05, 3.63) is 0 Å². The van der Waals surface area contributed by atoms with Crippen molar-refractivity contribution in [1.29, 1.82) is 5.26 Å². The van der Waals surface area contributed by atoms with E-state index >= 15 is 0 Å². The van der Waals surface area contributed by atoms with E-state index in [4.69, 9.17) is 10.00 Å². The Kier molecular flexibility index (Phi) is 3.75. The van der Waals surface area contributed by atoms with Crippen LogP contribution in [0.2, 0.25) is 0 Å². The van der Waals surface area contributed by atoms with Crippen molar-refractivity contribution in [2.24, 2.45) is 5.92 Å². The molecule has 12 heavy (non-hydrogen) atoms. The fraction of sp³-hybridized carbons (Fsp3) is 0.778. The molecule has 0 aliphatic rings. The van der Waals surface area contributed by atoms with E-state index in [0.717, 1.165) is 0 Å². The normalized spacial score (nSPS) is 11.0. The van der Waals surface area contributed by atoms with Gasteiger partial charge >= 0.3 is 5.97 Å². The Balaban J connectivity index is 4.08. The van der Waals surface area contributed by atoms with Gasteiger partial charge in [-0.1, -0.05) is 13.8 Å². The first-order chi connectivity index (χ1) is 5.40. The second-order valence-corrected chi connectivity index (χ2v) is 3.57. The van der Waals surface area contributed by atoms with Crippen LogP contribution in [0.1, 0.15) is 34.1 Å². The lowest BCUT2D eigenvalue weighted by molar-refractivity contribution is -0.159. The van der Waals surface area contributed by atoms with E-state index in [2.05, 4.69) is 0 Å². The van der Waals surface area contributed by atoms with E-state index < -0.39 is 11.6 Å². The summed E-state index contributed by atoms with van der Waals surface area (Å²) in [5.74, 6) is -0.198. The van der Waals surface area contributed by atoms with Gasteiger partial charge in [-0.05, 0) is 19.8 Å². The maximum absolute atomic E-state index is 10.9. The monoisotopic (exact) mass is 169 g/mol. The van der Waals surface area contributed by atoms with Gasteiger partial charge in [0.1, 0.15) is 12.0 Å². The highest BCUT2D eigenvalue weighted by Gasteiger charge is 2.26. The topological polar surface area (TPSA) is 50.1 Å². The van der Waals surface area contributed by atoms with Crippen LogP contribution in [0.25, 0.3) is 0 Å². The molecule has 0 saturated carbocycles. The van der Waals surface area contributed by atoms with Crippen LogP contribution in [0.15, 0.2) is 0 Å². The zero-order valence-corrected chi connectivity index (χ0v) is 8.05. The van der Waals surface area contributed by atoms with Crippen molar-refractivity contribution in [3.63, 3.8) is 0 Å². The molecule has 0 amide bonds. The predicted molar refractivity (Wildman–Crippen MR) is 45.2 cm³/mol. The van der Waals surface area contributed by atoms with E-state index in [-0.39, 0.29) is 12.3 Å². The minimum Gasteiger partial charge on any atom is -0.459 e. The summed E-state index contributed by atoms with van der Waals surface area (Å²) in [5, 5.41) is 8.22. The first-order valence-corrected chi connectivity index (χ1v) is 3.99. The van der Waals surface area contributed by atoms with E-state index in [9.17, 15) is 4.79 Å². The van der Waals surface area contributed by atoms with Gasteiger partial charge in [0.05, 0.1) is 6.07 Å². The van der Waals surface area contributed by atoms with Gasteiger partial charge < -0.3 is 4.74 Å². The van der Waals surface area contributed by atoms with Gasteiger partial charge in [-0.25, -0.2) is 0 Å². The molecule has 0 fully saturated rings. The average Bonchev–Trinajstić information content (AvgIpc) is 1.85. The van der Waals surface area contributed by atoms with Gasteiger partial charge in [-0.15, -0.1) is 0 Å². The molecule has 0 unspecified atom stereocenters. The van der Waals surface area contributed by atoms with Crippen molar-refractivity contribution in [1.82, 2.24) is 0 Å². The molecular weight excluding hydrogens is 154 g/mol. The minimum atomic E-state index is -0.478. The highest BCUT2D eigenvalue weighted by Crippen LogP contribution is 2.20. The molecule has 0 heterocycles. The highest BCUT2D eigenvalue weighted by molar-refractivity contribution is 5.72. The van der Waals surface area contributed by atoms with Crippen LogP contribution in [0.3, 0.4) is 0 Å². The number of hydrogen-bond donors (Lipinski definition) is 0. The lowest BCUT2D eigenvalue weighted by atomic mass is 9.95. The molecule has 68 valence electrons. The lowest BCUT2D eigenvalue weighted by Gasteiger charge is -2.28. The van der Waals surface area contributed by atoms with Crippen molar-refractivity contribution in [2.75, 3.05) is 0 Å². The molecule has 0 saturated heterocycles. The molecule has 0 aliphatic heterocycles. The van der Waals surface area contributed by atoms with Gasteiger partial charge in [0.15, 0.2) is 0 Å². The zero-order chi connectivity index (χ0) is 9.78. The van der Waals surface area contributed by atoms with Crippen LogP contribution < -0.4 is 0 Å². The number of ether oxygens (including phenoxy) is 1. The maximum Gasteiger partial charge on any atom is 0.320 e. The number of nitrogens with zero attached hydrogens (tertiary/aromatic N) is 1. The summed E-state index contributed by atoms with van der Waals surface area (Å²) in [4.78, 5) is 10.9. The van der Waals surface area contributed by atoms with Gasteiger partial charge in [-0.2, -0.15) is 5.26 Å². The molecular formula is C9H15NO2. The zero-order valence-electron chi connectivity index (χ0n) is 8.05. The predicted octanol–water partition coefficient (Wildman–Crippen LogP) is 1.88. The third-order valence-corrected chi connectivity index (χ3v) is 1.99. The number of esters is 1. The lowest BCUT2D eigenvalue weighted by Crippen LogP contribution is -2.33. The quantitative estimate of drug-likeness (QED) is 0.606. The Morgan fingerprint density at radius 3 is 2.42 bits per heavy atom. The van der Waals surface area contributed by atoms with Gasteiger partial charge in [0, 0.05) is 0 Å². The average molecular weight is 169 g/mol. The molecule has 0 aromatic heterocycles. The minimum absolute atomic E-state index is 0.170. The second kappa shape index (κ2) is 4.10. The summed E-state index contributed by atoms with van der Waals surface area (Å²) in [6, 6.07) is 1.75. The summed E-state index contributed by atoms with van der Waals surface area (Å²) in [5.41, 5.74) is -0.478. The molecule has 0 aromatic rings. The highest BCUT2D eigenvalue weighted by atomic mass is 16.6. The van der Waals surface area contributed by atoms with Crippen LogP contribution in [0.5, 0.6) is 0 Å². The molecule has 0 atom stereocenters. The molecule has 0 bridgehead atoms. The number of carbonyl (C=O) groups excluding carboxylic acids is 1. The van der Waals surface area contributed by atoms with E-state index in [1.807, 2.05) is 27.7 Å². The smallest absolute Gasteiger partial charge is 0.320 e. The van der Waals surface area contributed by atoms with Gasteiger partial charge in [-0.3, -0.25) is 4.79 Å². The first kappa shape index (κ1) is 11.0. The number of hydrogen-bond acceptors (Lipinski definition) is 3. The third-order valence-electron chi connectivity index (χ3n) is 1.99. The number of nitriles is 1. The summed E-state index contributed by atoms with van der Waals surface area (Å²) in [6.07, 6.45) is -0.170. The van der Waals surface area contributed by atoms with Crippen LogP contribution in [-0.2, 0) is 9.53 Å². The molecule has 0 aromatic carbocycles. The largest absolute Gasteiger partial charge is 0.459 e. The Hall–Kier alpha value is -1.04. The Morgan fingerprint density at radius 2 is 2.08 bits per heavy atom. The van der Waals surface area contributed by atoms with Crippen molar-refractivity contribution < 1.29 is 9.53 Å². The van der Waals surface area contributed by atoms with Crippen LogP contribution in [0.4, 0.5) is 0 Å². The maximum atomic E-state index is 10.9. The van der Waals surface area contributed by atoms with Gasteiger partial charge in [0.2, 0.25) is 0 Å². The fourth-order valence-electron chi connectivity index (χ4n) is 0.512. The molecule has 0 radical (unpaired) electrons. The van der Waals surface area contributed by atoms with Crippen molar-refractivity contribution >= 4 is 5.97 Å². The Labute approximate surface area is 73.3 Å². The first-order valence-electron chi connectivity index (χ1n) is 3.99. The molecule has 0 spiro atoms. The molecule has 3 nitrogen and oxygen atoms in total. The number of carbonyl (C=O) groups is 1. The fourth-order valence-corrected chi connectivity index (χ4v) is 0.512. The van der Waals surface area contributed by atoms with Crippen LogP contribution in [-0.4, -0.2) is 11.6 Å². The van der Waals surface area contributed by atoms with Crippen molar-refractivity contribution in [2.45, 2.75) is 39.7 Å². The van der Waals surface area contributed by atoms with E-state index in [1.165, 1.54) is 0 Å². The van der Waals surface area contributed by atoms with Crippen LogP contribution in [0, 0.1) is 17.2 Å². The molecule has 0 aliphatic carbocycles. The second-order valence-electron chi connectivity index (χ2n) is 3.57. The third kappa shape index (κ3) is 3.38. The summed E-state index contributed by atoms with van der Waals surface area (Å²) >= 11 is 0. The standard InChI is InChI=1S/C9H15NO2/c1-7(2)9(3,4)12-8(11)5-6-10/h7H,5H2,1-4H3. The summed E-state index contributed by atoms with van der Waals surface area (Å²) in [6.45, 7) is 7.62. The molecule has 0 N–H and O–H groups in total. The summed E-state index contributed by atoms with van der Waals surface area (Å²) in [7, 11) is 0. The molecule has 0 rings (SSSR count). The van der Waals surface area contributed by atoms with E-state index in [1.54, 1.807) is 6.07 Å². The van der Waals surface area contributed by atoms with Crippen molar-refractivity contribution in [3.8, 4) is 6.07 Å². The Bertz CT molecular complexity index is 201. The van der Waals surface area contributed by atoms with Gasteiger partial charge in [0.25, 0.3) is 0 Å². The summed E-state index contributed by atoms with van der Waals surface area (Å²) < 4.78 is 5.08. The van der Waals surface area contributed by atoms with Crippen LogP contribution >= 0.6 is 0 Å². The Morgan fingerprint density at radius 1 is 1.58 bits per heavy atom. The SMILES string of the molecule is CC(C)C(C)(C)OC(=O)CC#N. The van der Waals surface area contributed by atoms with E-state index in [0.29, 0.717) is 0 Å². The number of rotatable bonds is 3.